The van der Waals surface area contributed by atoms with E-state index < -0.39 is 4.92 Å². The molecule has 2 atom stereocenters. The second-order valence-electron chi connectivity index (χ2n) is 9.65. The summed E-state index contributed by atoms with van der Waals surface area (Å²) >= 11 is 1.56. The maximum Gasteiger partial charge on any atom is 0.280 e. The third-order valence-corrected chi connectivity index (χ3v) is 8.08. The van der Waals surface area contributed by atoms with Crippen LogP contribution in [-0.2, 0) is 4.79 Å². The van der Waals surface area contributed by atoms with Gasteiger partial charge in [-0.05, 0) is 54.1 Å². The second kappa shape index (κ2) is 9.98. The monoisotopic (exact) mass is 521 g/mol. The van der Waals surface area contributed by atoms with Gasteiger partial charge in [0.2, 0.25) is 12.7 Å². The zero-order valence-electron chi connectivity index (χ0n) is 20.2. The highest BCUT2D eigenvalue weighted by Crippen LogP contribution is 2.40. The number of hydrogen-bond donors (Lipinski definition) is 1. The Morgan fingerprint density at radius 1 is 1.16 bits per heavy atom. The molecule has 1 aromatic heterocycles. The van der Waals surface area contributed by atoms with Crippen molar-refractivity contribution in [2.75, 3.05) is 51.0 Å². The maximum absolute atomic E-state index is 12.4. The van der Waals surface area contributed by atoms with Crippen molar-refractivity contribution in [1.82, 2.24) is 14.6 Å². The van der Waals surface area contributed by atoms with Gasteiger partial charge in [-0.25, -0.2) is 0 Å². The molecule has 192 valence electrons. The molecule has 0 spiro atoms. The fourth-order valence-electron chi connectivity index (χ4n) is 5.05. The Kier molecular flexibility index (Phi) is 6.39. The molecule has 2 aromatic carbocycles. The standard InChI is InChI=1S/C26H27N5O5S/c32-25(6-5-17-12-22-23(36-16-35-22)13-21(17)31(33)34)27-14-18-11-19(18)15-29-7-9-30(10-8-29)26-20-3-1-2-4-24(20)37-28-26/h1-6,12-13,18-19H,7-11,14-16H2,(H,27,32)/b6-5+/t18-,19-/m1/s1. The molecule has 1 N–H and O–H groups in total. The van der Waals surface area contributed by atoms with Crippen molar-refractivity contribution in [2.45, 2.75) is 6.42 Å². The lowest BCUT2D eigenvalue weighted by Gasteiger charge is -2.35. The average Bonchev–Trinajstić information content (AvgIpc) is 3.27. The summed E-state index contributed by atoms with van der Waals surface area (Å²) in [5.74, 6) is 2.68. The first-order valence-electron chi connectivity index (χ1n) is 12.4. The molecule has 1 aliphatic carbocycles. The van der Waals surface area contributed by atoms with Crippen molar-refractivity contribution < 1.29 is 19.2 Å². The minimum absolute atomic E-state index is 0.0291. The summed E-state index contributed by atoms with van der Waals surface area (Å²) in [5.41, 5.74) is 0.178. The van der Waals surface area contributed by atoms with Crippen LogP contribution in [0.15, 0.2) is 42.5 Å². The summed E-state index contributed by atoms with van der Waals surface area (Å²) in [6, 6.07) is 11.2. The van der Waals surface area contributed by atoms with Crippen LogP contribution >= 0.6 is 11.5 Å². The molecule has 0 radical (unpaired) electrons. The Morgan fingerprint density at radius 2 is 1.95 bits per heavy atom. The Labute approximate surface area is 217 Å². The molecule has 2 aliphatic heterocycles. The van der Waals surface area contributed by atoms with Crippen LogP contribution in [0.5, 0.6) is 11.5 Å². The van der Waals surface area contributed by atoms with E-state index in [1.807, 2.05) is 0 Å². The zero-order chi connectivity index (χ0) is 25.4. The van der Waals surface area contributed by atoms with Crippen LogP contribution < -0.4 is 19.7 Å². The fraction of sp³-hybridized carbons (Fsp3) is 0.385. The number of aromatic nitrogens is 1. The van der Waals surface area contributed by atoms with Gasteiger partial charge >= 0.3 is 0 Å². The number of hydrogen-bond acceptors (Lipinski definition) is 9. The molecular weight excluding hydrogens is 494 g/mol. The van der Waals surface area contributed by atoms with Gasteiger partial charge < -0.3 is 19.7 Å². The van der Waals surface area contributed by atoms with Crippen LogP contribution in [-0.4, -0.2) is 66.2 Å². The van der Waals surface area contributed by atoms with E-state index in [-0.39, 0.29) is 18.4 Å². The number of piperazine rings is 1. The summed E-state index contributed by atoms with van der Waals surface area (Å²) in [6.45, 7) is 5.66. The highest BCUT2D eigenvalue weighted by atomic mass is 32.1. The summed E-state index contributed by atoms with van der Waals surface area (Å²) in [5, 5.41) is 15.6. The largest absolute Gasteiger partial charge is 0.454 e. The lowest BCUT2D eigenvalue weighted by atomic mass is 10.1. The number of nitro groups is 1. The molecule has 3 aromatic rings. The number of fused-ring (bicyclic) bond motifs is 2. The van der Waals surface area contributed by atoms with Gasteiger partial charge in [-0.15, -0.1) is 0 Å². The molecule has 37 heavy (non-hydrogen) atoms. The van der Waals surface area contributed by atoms with Crippen LogP contribution in [0.2, 0.25) is 0 Å². The van der Waals surface area contributed by atoms with E-state index in [9.17, 15) is 14.9 Å². The minimum Gasteiger partial charge on any atom is -0.454 e. The number of benzene rings is 2. The average molecular weight is 522 g/mol. The Balaban J connectivity index is 0.953. The molecule has 1 saturated heterocycles. The molecule has 1 amide bonds. The molecule has 2 fully saturated rings. The van der Waals surface area contributed by atoms with E-state index in [0.717, 1.165) is 45.0 Å². The van der Waals surface area contributed by atoms with Crippen molar-refractivity contribution >= 4 is 45.1 Å². The number of carbonyl (C=O) groups excluding carboxylic acids is 1. The number of nitrogens with zero attached hydrogens (tertiary/aromatic N) is 4. The smallest absolute Gasteiger partial charge is 0.280 e. The topological polar surface area (TPSA) is 110 Å². The first kappa shape index (κ1) is 23.7. The van der Waals surface area contributed by atoms with Gasteiger partial charge in [0.15, 0.2) is 11.5 Å². The lowest BCUT2D eigenvalue weighted by molar-refractivity contribution is -0.385. The Bertz CT molecular complexity index is 1370. The third kappa shape index (κ3) is 5.09. The summed E-state index contributed by atoms with van der Waals surface area (Å²) < 4.78 is 16.4. The van der Waals surface area contributed by atoms with E-state index in [1.54, 1.807) is 11.5 Å². The highest BCUT2D eigenvalue weighted by molar-refractivity contribution is 7.13. The molecule has 0 unspecified atom stereocenters. The number of nitrogens with one attached hydrogen (secondary N) is 1. The first-order chi connectivity index (χ1) is 18.0. The normalized spacial score (nSPS) is 21.0. The second-order valence-corrected chi connectivity index (χ2v) is 10.5. The van der Waals surface area contributed by atoms with E-state index in [2.05, 4.69) is 39.4 Å². The van der Waals surface area contributed by atoms with E-state index in [4.69, 9.17) is 13.8 Å². The minimum atomic E-state index is -0.493. The van der Waals surface area contributed by atoms with Crippen molar-refractivity contribution in [2.24, 2.45) is 11.8 Å². The molecular formula is C26H27N5O5S. The van der Waals surface area contributed by atoms with Crippen LogP contribution in [0.3, 0.4) is 0 Å². The Hall–Kier alpha value is -3.70. The number of rotatable bonds is 8. The van der Waals surface area contributed by atoms with E-state index in [0.29, 0.717) is 35.4 Å². The van der Waals surface area contributed by atoms with E-state index in [1.165, 1.54) is 34.4 Å². The van der Waals surface area contributed by atoms with Gasteiger partial charge in [0.05, 0.1) is 21.3 Å². The molecule has 3 heterocycles. The number of anilines is 1. The predicted molar refractivity (Wildman–Crippen MR) is 141 cm³/mol. The van der Waals surface area contributed by atoms with Gasteiger partial charge in [-0.1, -0.05) is 12.1 Å². The van der Waals surface area contributed by atoms with Gasteiger partial charge in [0.25, 0.3) is 5.69 Å². The SMILES string of the molecule is O=C(/C=C/c1cc2c(cc1[N+](=O)[O-])OCO2)NC[C@H]1C[C@@H]1CN1CCN(c2nsc3ccccc23)CC1. The summed E-state index contributed by atoms with van der Waals surface area (Å²) in [4.78, 5) is 28.1. The highest BCUT2D eigenvalue weighted by Gasteiger charge is 2.38. The summed E-state index contributed by atoms with van der Waals surface area (Å²) in [6.07, 6.45) is 3.89. The predicted octanol–water partition coefficient (Wildman–Crippen LogP) is 3.52. The zero-order valence-corrected chi connectivity index (χ0v) is 21.0. The Morgan fingerprint density at radius 3 is 2.76 bits per heavy atom. The maximum atomic E-state index is 12.4. The van der Waals surface area contributed by atoms with Crippen molar-refractivity contribution in [1.29, 1.82) is 0 Å². The van der Waals surface area contributed by atoms with E-state index >= 15 is 0 Å². The summed E-state index contributed by atoms with van der Waals surface area (Å²) in [7, 11) is 0. The van der Waals surface area contributed by atoms with Crippen molar-refractivity contribution in [3.63, 3.8) is 0 Å². The van der Waals surface area contributed by atoms with Gasteiger partial charge in [-0.3, -0.25) is 19.8 Å². The number of ether oxygens (including phenoxy) is 2. The quantitative estimate of drug-likeness (QED) is 0.272. The number of nitro benzene ring substituents is 1. The molecule has 10 nitrogen and oxygen atoms in total. The molecule has 6 rings (SSSR count). The molecule has 3 aliphatic rings. The molecule has 1 saturated carbocycles. The van der Waals surface area contributed by atoms with Crippen LogP contribution in [0, 0.1) is 22.0 Å². The third-order valence-electron chi connectivity index (χ3n) is 7.26. The van der Waals surface area contributed by atoms with Gasteiger partial charge in [-0.2, -0.15) is 4.37 Å². The van der Waals surface area contributed by atoms with Crippen molar-refractivity contribution in [3.8, 4) is 11.5 Å². The number of carbonyl (C=O) groups is 1. The first-order valence-corrected chi connectivity index (χ1v) is 13.2. The number of amides is 1. The van der Waals surface area contributed by atoms with Crippen LogP contribution in [0.1, 0.15) is 12.0 Å². The van der Waals surface area contributed by atoms with Gasteiger partial charge in [0, 0.05) is 50.7 Å². The lowest BCUT2D eigenvalue weighted by Crippen LogP contribution is -2.47. The molecule has 11 heteroatoms. The van der Waals surface area contributed by atoms with Crippen LogP contribution in [0.4, 0.5) is 11.5 Å². The fourth-order valence-corrected chi connectivity index (χ4v) is 5.85. The molecule has 0 bridgehead atoms. The van der Waals surface area contributed by atoms with Gasteiger partial charge in [0.1, 0.15) is 5.82 Å². The van der Waals surface area contributed by atoms with Crippen molar-refractivity contribution in [3.05, 3.63) is 58.2 Å². The van der Waals surface area contributed by atoms with Crippen LogP contribution in [0.25, 0.3) is 16.2 Å².